The van der Waals surface area contributed by atoms with Crippen LogP contribution in [-0.4, -0.2) is 19.2 Å². The molecule has 0 fully saturated rings. The molecule has 1 aromatic carbocycles. The molecule has 1 aromatic rings. The summed E-state index contributed by atoms with van der Waals surface area (Å²) in [7, 11) is 0. The fraction of sp³-hybridized carbons (Fsp3) is 0.600. The molecule has 0 heterocycles. The van der Waals surface area contributed by atoms with Crippen LogP contribution in [0.2, 0.25) is 5.02 Å². The predicted octanol–water partition coefficient (Wildman–Crippen LogP) is 4.02. The van der Waals surface area contributed by atoms with Crippen molar-refractivity contribution in [3.63, 3.8) is 0 Å². The number of halogens is 1. The molecule has 3 heteroatoms. The third kappa shape index (κ3) is 7.70. The van der Waals surface area contributed by atoms with Gasteiger partial charge in [0, 0.05) is 17.7 Å². The molecule has 2 nitrogen and oxygen atoms in total. The van der Waals surface area contributed by atoms with Crippen molar-refractivity contribution >= 4 is 11.6 Å². The smallest absolute Gasteiger partial charge is 0.0716 e. The van der Waals surface area contributed by atoms with Crippen molar-refractivity contribution in [2.24, 2.45) is 0 Å². The molecule has 0 spiro atoms. The summed E-state index contributed by atoms with van der Waals surface area (Å²) in [6.45, 7) is 6.98. The maximum absolute atomic E-state index is 5.82. The van der Waals surface area contributed by atoms with Gasteiger partial charge in [0.2, 0.25) is 0 Å². The molecule has 0 aliphatic carbocycles. The van der Waals surface area contributed by atoms with Crippen LogP contribution >= 0.6 is 11.6 Å². The third-order valence-electron chi connectivity index (χ3n) is 2.70. The first-order valence-corrected chi connectivity index (χ1v) is 7.12. The Balaban J connectivity index is 1.94. The third-order valence-corrected chi connectivity index (χ3v) is 2.95. The van der Waals surface area contributed by atoms with Crippen LogP contribution in [-0.2, 0) is 11.3 Å². The maximum atomic E-state index is 5.82. The normalized spacial score (nSPS) is 11.1. The van der Waals surface area contributed by atoms with Gasteiger partial charge in [-0.05, 0) is 43.5 Å². The van der Waals surface area contributed by atoms with Crippen molar-refractivity contribution in [2.75, 3.05) is 13.2 Å². The summed E-state index contributed by atoms with van der Waals surface area (Å²) in [5.41, 5.74) is 1.18. The zero-order valence-corrected chi connectivity index (χ0v) is 12.2. The van der Waals surface area contributed by atoms with Crippen molar-refractivity contribution < 1.29 is 4.74 Å². The standard InChI is InChI=1S/C15H24ClNO/c1-13(2)17-10-4-3-5-11-18-12-14-6-8-15(16)9-7-14/h6-9,13,17H,3-5,10-12H2,1-2H3. The predicted molar refractivity (Wildman–Crippen MR) is 78.1 cm³/mol. The minimum absolute atomic E-state index is 0.589. The van der Waals surface area contributed by atoms with E-state index in [2.05, 4.69) is 19.2 Å². The van der Waals surface area contributed by atoms with Gasteiger partial charge in [-0.15, -0.1) is 0 Å². The van der Waals surface area contributed by atoms with Crippen LogP contribution in [0.15, 0.2) is 24.3 Å². The molecule has 1 rings (SSSR count). The summed E-state index contributed by atoms with van der Waals surface area (Å²) in [6, 6.07) is 8.41. The second-order valence-corrected chi connectivity index (χ2v) is 5.28. The summed E-state index contributed by atoms with van der Waals surface area (Å²) in [5, 5.41) is 4.19. The number of benzene rings is 1. The first-order chi connectivity index (χ1) is 8.68. The topological polar surface area (TPSA) is 21.3 Å². The molecular weight excluding hydrogens is 246 g/mol. The van der Waals surface area contributed by atoms with Crippen LogP contribution in [0.1, 0.15) is 38.7 Å². The average Bonchev–Trinajstić information content (AvgIpc) is 2.34. The molecule has 0 radical (unpaired) electrons. The Morgan fingerprint density at radius 2 is 1.83 bits per heavy atom. The van der Waals surface area contributed by atoms with Gasteiger partial charge in [-0.1, -0.05) is 37.6 Å². The van der Waals surface area contributed by atoms with Crippen molar-refractivity contribution in [3.8, 4) is 0 Å². The lowest BCUT2D eigenvalue weighted by atomic mass is 10.2. The van der Waals surface area contributed by atoms with Crippen molar-refractivity contribution in [1.29, 1.82) is 0 Å². The average molecular weight is 270 g/mol. The maximum Gasteiger partial charge on any atom is 0.0716 e. The van der Waals surface area contributed by atoms with E-state index in [4.69, 9.17) is 16.3 Å². The fourth-order valence-electron chi connectivity index (χ4n) is 1.67. The first kappa shape index (κ1) is 15.5. The van der Waals surface area contributed by atoms with Crippen molar-refractivity contribution in [1.82, 2.24) is 5.32 Å². The largest absolute Gasteiger partial charge is 0.377 e. The highest BCUT2D eigenvalue weighted by Gasteiger charge is 1.95. The van der Waals surface area contributed by atoms with E-state index in [0.717, 1.165) is 24.6 Å². The van der Waals surface area contributed by atoms with E-state index in [0.29, 0.717) is 12.6 Å². The number of rotatable bonds is 9. The van der Waals surface area contributed by atoms with E-state index in [1.165, 1.54) is 18.4 Å². The molecule has 0 saturated carbocycles. The van der Waals surface area contributed by atoms with Crippen LogP contribution < -0.4 is 5.32 Å². The monoisotopic (exact) mass is 269 g/mol. The highest BCUT2D eigenvalue weighted by atomic mass is 35.5. The number of hydrogen-bond donors (Lipinski definition) is 1. The van der Waals surface area contributed by atoms with Gasteiger partial charge in [0.1, 0.15) is 0 Å². The van der Waals surface area contributed by atoms with Crippen molar-refractivity contribution in [3.05, 3.63) is 34.9 Å². The SMILES string of the molecule is CC(C)NCCCCCOCc1ccc(Cl)cc1. The van der Waals surface area contributed by atoms with Gasteiger partial charge in [-0.3, -0.25) is 0 Å². The highest BCUT2D eigenvalue weighted by molar-refractivity contribution is 6.30. The van der Waals surface area contributed by atoms with Crippen molar-refractivity contribution in [2.45, 2.75) is 45.8 Å². The molecule has 0 atom stereocenters. The van der Waals surface area contributed by atoms with Gasteiger partial charge in [0.05, 0.1) is 6.61 Å². The summed E-state index contributed by atoms with van der Waals surface area (Å²) < 4.78 is 5.62. The molecule has 1 N–H and O–H groups in total. The molecule has 0 unspecified atom stereocenters. The van der Waals surface area contributed by atoms with Crippen LogP contribution in [0.25, 0.3) is 0 Å². The number of hydrogen-bond acceptors (Lipinski definition) is 2. The van der Waals surface area contributed by atoms with Gasteiger partial charge >= 0.3 is 0 Å². The van der Waals surface area contributed by atoms with Gasteiger partial charge < -0.3 is 10.1 Å². The minimum Gasteiger partial charge on any atom is -0.377 e. The van der Waals surface area contributed by atoms with E-state index in [1.54, 1.807) is 0 Å². The molecule has 0 saturated heterocycles. The Hall–Kier alpha value is -0.570. The van der Waals surface area contributed by atoms with E-state index >= 15 is 0 Å². The van der Waals surface area contributed by atoms with Crippen LogP contribution in [0.3, 0.4) is 0 Å². The highest BCUT2D eigenvalue weighted by Crippen LogP contribution is 2.10. The van der Waals surface area contributed by atoms with Gasteiger partial charge in [0.25, 0.3) is 0 Å². The number of ether oxygens (including phenoxy) is 1. The lowest BCUT2D eigenvalue weighted by Crippen LogP contribution is -2.23. The zero-order chi connectivity index (χ0) is 13.2. The van der Waals surface area contributed by atoms with Gasteiger partial charge in [-0.2, -0.15) is 0 Å². The van der Waals surface area contributed by atoms with E-state index in [-0.39, 0.29) is 0 Å². The van der Waals surface area contributed by atoms with E-state index in [9.17, 15) is 0 Å². The van der Waals surface area contributed by atoms with E-state index in [1.807, 2.05) is 24.3 Å². The molecule has 0 aliphatic heterocycles. The molecule has 0 aromatic heterocycles. The van der Waals surface area contributed by atoms with Gasteiger partial charge in [-0.25, -0.2) is 0 Å². The Labute approximate surface area is 116 Å². The first-order valence-electron chi connectivity index (χ1n) is 6.74. The Kier molecular flexibility index (Phi) is 8.06. The van der Waals surface area contributed by atoms with Crippen LogP contribution in [0, 0.1) is 0 Å². The van der Waals surface area contributed by atoms with Crippen LogP contribution in [0.4, 0.5) is 0 Å². The van der Waals surface area contributed by atoms with E-state index < -0.39 is 0 Å². The van der Waals surface area contributed by atoms with Crippen LogP contribution in [0.5, 0.6) is 0 Å². The summed E-state index contributed by atoms with van der Waals surface area (Å²) in [4.78, 5) is 0. The Morgan fingerprint density at radius 3 is 2.50 bits per heavy atom. The minimum atomic E-state index is 0.589. The molecule has 0 amide bonds. The molecule has 0 aliphatic rings. The summed E-state index contributed by atoms with van der Waals surface area (Å²) in [6.07, 6.45) is 3.58. The summed E-state index contributed by atoms with van der Waals surface area (Å²) in [5.74, 6) is 0. The molecule has 18 heavy (non-hydrogen) atoms. The lowest BCUT2D eigenvalue weighted by molar-refractivity contribution is 0.117. The summed E-state index contributed by atoms with van der Waals surface area (Å²) >= 11 is 5.82. The number of nitrogens with one attached hydrogen (secondary N) is 1. The Morgan fingerprint density at radius 1 is 1.11 bits per heavy atom. The zero-order valence-electron chi connectivity index (χ0n) is 11.4. The quantitative estimate of drug-likeness (QED) is 0.684. The fourth-order valence-corrected chi connectivity index (χ4v) is 1.79. The second kappa shape index (κ2) is 9.37. The molecule has 0 bridgehead atoms. The van der Waals surface area contributed by atoms with Gasteiger partial charge in [0.15, 0.2) is 0 Å². The Bertz CT molecular complexity index is 311. The lowest BCUT2D eigenvalue weighted by Gasteiger charge is -2.08. The number of unbranched alkanes of at least 4 members (excludes halogenated alkanes) is 2. The molecular formula is C15H24ClNO. The molecule has 102 valence electrons. The second-order valence-electron chi connectivity index (χ2n) is 4.85.